The van der Waals surface area contributed by atoms with Gasteiger partial charge in [-0.1, -0.05) is 30.0 Å². The second kappa shape index (κ2) is 10.0. The van der Waals surface area contributed by atoms with Crippen molar-refractivity contribution in [1.29, 1.82) is 0 Å². The zero-order valence-corrected chi connectivity index (χ0v) is 18.4. The number of rotatable bonds is 8. The fourth-order valence-electron chi connectivity index (χ4n) is 2.87. The van der Waals surface area contributed by atoms with Crippen LogP contribution in [-0.2, 0) is 9.53 Å². The lowest BCUT2D eigenvalue weighted by atomic mass is 10.2. The first-order valence-corrected chi connectivity index (χ1v) is 10.6. The second-order valence-corrected chi connectivity index (χ2v) is 7.18. The number of ether oxygens (including phenoxy) is 3. The highest BCUT2D eigenvalue weighted by atomic mass is 32.2. The molecule has 1 heterocycles. The number of methoxy groups -OCH3 is 2. The number of benzene rings is 2. The van der Waals surface area contributed by atoms with Gasteiger partial charge in [0.25, 0.3) is 5.91 Å². The summed E-state index contributed by atoms with van der Waals surface area (Å²) in [7, 11) is 3.02. The van der Waals surface area contributed by atoms with Crippen LogP contribution in [0.1, 0.15) is 17.4 Å². The Hall–Kier alpha value is -3.46. The van der Waals surface area contributed by atoms with Crippen LogP contribution in [0.15, 0.2) is 59.9 Å². The molecule has 3 rings (SSSR count). The Balaban J connectivity index is 1.77. The van der Waals surface area contributed by atoms with E-state index >= 15 is 0 Å². The van der Waals surface area contributed by atoms with Gasteiger partial charge < -0.3 is 19.5 Å². The highest BCUT2D eigenvalue weighted by Gasteiger charge is 2.24. The number of thioether (sulfide) groups is 1. The van der Waals surface area contributed by atoms with Gasteiger partial charge in [-0.2, -0.15) is 0 Å². The molecule has 0 fully saturated rings. The monoisotopic (exact) mass is 441 g/mol. The molecule has 1 N–H and O–H groups in total. The SMILES string of the molecule is COc1ccc(OC)c(NC(=O)C(C)OC(=O)c2cnc(SC)n2-c2ccccc2)c1. The predicted octanol–water partition coefficient (Wildman–Crippen LogP) is 3.80. The van der Waals surface area contributed by atoms with Crippen molar-refractivity contribution in [3.63, 3.8) is 0 Å². The molecule has 0 radical (unpaired) electrons. The molecule has 1 atom stereocenters. The lowest BCUT2D eigenvalue weighted by Gasteiger charge is -2.16. The fourth-order valence-corrected chi connectivity index (χ4v) is 3.41. The zero-order valence-electron chi connectivity index (χ0n) is 17.6. The van der Waals surface area contributed by atoms with Crippen LogP contribution in [0.3, 0.4) is 0 Å². The van der Waals surface area contributed by atoms with Gasteiger partial charge in [0.15, 0.2) is 17.0 Å². The molecule has 0 aliphatic heterocycles. The number of esters is 1. The van der Waals surface area contributed by atoms with Crippen LogP contribution in [0.2, 0.25) is 0 Å². The summed E-state index contributed by atoms with van der Waals surface area (Å²) in [6.45, 7) is 1.50. The summed E-state index contributed by atoms with van der Waals surface area (Å²) in [4.78, 5) is 29.8. The van der Waals surface area contributed by atoms with E-state index in [-0.39, 0.29) is 5.69 Å². The van der Waals surface area contributed by atoms with Crippen molar-refractivity contribution in [2.75, 3.05) is 25.8 Å². The molecule has 1 unspecified atom stereocenters. The van der Waals surface area contributed by atoms with Gasteiger partial charge >= 0.3 is 5.97 Å². The summed E-state index contributed by atoms with van der Waals surface area (Å²) >= 11 is 1.40. The third-order valence-corrected chi connectivity index (χ3v) is 5.11. The number of imidazole rings is 1. The molecule has 162 valence electrons. The van der Waals surface area contributed by atoms with Crippen molar-refractivity contribution in [2.24, 2.45) is 0 Å². The van der Waals surface area contributed by atoms with E-state index in [4.69, 9.17) is 14.2 Å². The zero-order chi connectivity index (χ0) is 22.4. The van der Waals surface area contributed by atoms with Gasteiger partial charge in [-0.15, -0.1) is 0 Å². The number of hydrogen-bond donors (Lipinski definition) is 1. The average molecular weight is 442 g/mol. The lowest BCUT2D eigenvalue weighted by Crippen LogP contribution is -2.30. The summed E-state index contributed by atoms with van der Waals surface area (Å²) in [5, 5.41) is 3.34. The minimum Gasteiger partial charge on any atom is -0.497 e. The maximum Gasteiger partial charge on any atom is 0.357 e. The van der Waals surface area contributed by atoms with E-state index in [0.717, 1.165) is 5.69 Å². The number of carbonyl (C=O) groups is 2. The number of amides is 1. The van der Waals surface area contributed by atoms with Crippen molar-refractivity contribution in [3.8, 4) is 17.2 Å². The Labute approximate surface area is 184 Å². The molecule has 0 aliphatic carbocycles. The van der Waals surface area contributed by atoms with Crippen molar-refractivity contribution in [1.82, 2.24) is 9.55 Å². The van der Waals surface area contributed by atoms with Crippen LogP contribution >= 0.6 is 11.8 Å². The summed E-state index contributed by atoms with van der Waals surface area (Å²) < 4.78 is 17.6. The molecule has 8 nitrogen and oxygen atoms in total. The van der Waals surface area contributed by atoms with Crippen LogP contribution < -0.4 is 14.8 Å². The third-order valence-electron chi connectivity index (χ3n) is 4.45. The van der Waals surface area contributed by atoms with Gasteiger partial charge in [0.1, 0.15) is 11.5 Å². The second-order valence-electron chi connectivity index (χ2n) is 6.40. The molecule has 2 aromatic carbocycles. The smallest absolute Gasteiger partial charge is 0.357 e. The Morgan fingerprint density at radius 2 is 1.84 bits per heavy atom. The van der Waals surface area contributed by atoms with Crippen LogP contribution in [0.25, 0.3) is 5.69 Å². The Morgan fingerprint density at radius 1 is 1.10 bits per heavy atom. The van der Waals surface area contributed by atoms with Crippen molar-refractivity contribution in [2.45, 2.75) is 18.2 Å². The van der Waals surface area contributed by atoms with E-state index in [1.165, 1.54) is 39.1 Å². The van der Waals surface area contributed by atoms with Crippen molar-refractivity contribution >= 4 is 29.3 Å². The molecule has 0 saturated carbocycles. The van der Waals surface area contributed by atoms with Crippen molar-refractivity contribution < 1.29 is 23.8 Å². The third kappa shape index (κ3) is 5.00. The predicted molar refractivity (Wildman–Crippen MR) is 118 cm³/mol. The molecular formula is C22H23N3O5S. The maximum atomic E-state index is 12.8. The van der Waals surface area contributed by atoms with E-state index in [9.17, 15) is 9.59 Å². The van der Waals surface area contributed by atoms with Gasteiger partial charge in [-0.05, 0) is 37.4 Å². The van der Waals surface area contributed by atoms with E-state index in [1.807, 2.05) is 36.6 Å². The quantitative estimate of drug-likeness (QED) is 0.420. The summed E-state index contributed by atoms with van der Waals surface area (Å²) in [6.07, 6.45) is 2.26. The molecule has 31 heavy (non-hydrogen) atoms. The van der Waals surface area contributed by atoms with Gasteiger partial charge in [0.05, 0.1) is 26.1 Å². The number of aromatic nitrogens is 2. The van der Waals surface area contributed by atoms with E-state index in [1.54, 1.807) is 22.8 Å². The molecule has 0 bridgehead atoms. The summed E-state index contributed by atoms with van der Waals surface area (Å²) in [6, 6.07) is 14.4. The van der Waals surface area contributed by atoms with Gasteiger partial charge in [0.2, 0.25) is 0 Å². The van der Waals surface area contributed by atoms with Crippen LogP contribution in [0, 0.1) is 0 Å². The van der Waals surface area contributed by atoms with Crippen LogP contribution in [0.5, 0.6) is 11.5 Å². The molecule has 0 saturated heterocycles. The number of nitrogens with zero attached hydrogens (tertiary/aromatic N) is 2. The largest absolute Gasteiger partial charge is 0.497 e. The number of anilines is 1. The summed E-state index contributed by atoms with van der Waals surface area (Å²) in [5.41, 5.74) is 1.41. The van der Waals surface area contributed by atoms with Crippen LogP contribution in [0.4, 0.5) is 5.69 Å². The molecule has 0 spiro atoms. The lowest BCUT2D eigenvalue weighted by molar-refractivity contribution is -0.123. The Kier molecular flexibility index (Phi) is 7.19. The van der Waals surface area contributed by atoms with E-state index in [2.05, 4.69) is 10.3 Å². The molecule has 1 aromatic heterocycles. The summed E-state index contributed by atoms with van der Waals surface area (Å²) in [5.74, 6) is -0.149. The minimum absolute atomic E-state index is 0.231. The number of hydrogen-bond acceptors (Lipinski definition) is 7. The maximum absolute atomic E-state index is 12.8. The standard InChI is InChI=1S/C22H23N3O5S/c1-14(20(26)24-17-12-16(28-2)10-11-19(17)29-3)30-21(27)18-13-23-22(31-4)25(18)15-8-6-5-7-9-15/h5-14H,1-4H3,(H,24,26). The first-order chi connectivity index (χ1) is 15.0. The Morgan fingerprint density at radius 3 is 2.48 bits per heavy atom. The molecule has 3 aromatic rings. The molecule has 0 aliphatic rings. The topological polar surface area (TPSA) is 91.7 Å². The molecule has 9 heteroatoms. The van der Waals surface area contributed by atoms with Gasteiger partial charge in [-0.25, -0.2) is 9.78 Å². The van der Waals surface area contributed by atoms with E-state index < -0.39 is 18.0 Å². The fraction of sp³-hybridized carbons (Fsp3) is 0.227. The van der Waals surface area contributed by atoms with Crippen LogP contribution in [-0.4, -0.2) is 48.0 Å². The van der Waals surface area contributed by atoms with E-state index in [0.29, 0.717) is 22.3 Å². The highest BCUT2D eigenvalue weighted by molar-refractivity contribution is 7.98. The van der Waals surface area contributed by atoms with Gasteiger partial charge in [0, 0.05) is 11.8 Å². The minimum atomic E-state index is -1.06. The average Bonchev–Trinajstić information content (AvgIpc) is 3.23. The number of nitrogens with one attached hydrogen (secondary N) is 1. The normalized spacial score (nSPS) is 11.5. The number of carbonyl (C=O) groups excluding carboxylic acids is 2. The molecular weight excluding hydrogens is 418 g/mol. The highest BCUT2D eigenvalue weighted by Crippen LogP contribution is 2.29. The van der Waals surface area contributed by atoms with Crippen molar-refractivity contribution in [3.05, 3.63) is 60.4 Å². The van der Waals surface area contributed by atoms with Gasteiger partial charge in [-0.3, -0.25) is 9.36 Å². The number of para-hydroxylation sites is 1. The first-order valence-electron chi connectivity index (χ1n) is 9.39. The Bertz CT molecular complexity index is 1070. The first kappa shape index (κ1) is 22.2. The molecule has 1 amide bonds.